The number of methoxy groups -OCH3 is 1. The number of carbonyl (C=O) groups is 3. The zero-order chi connectivity index (χ0) is 26.6. The number of halogens is 3. The van der Waals surface area contributed by atoms with Crippen molar-refractivity contribution in [1.82, 2.24) is 4.90 Å². The molecule has 1 fully saturated rings. The molecule has 0 N–H and O–H groups in total. The number of carbonyl (C=O) groups excluding carboxylic acids is 3. The maximum atomic E-state index is 12.9. The van der Waals surface area contributed by atoms with Crippen LogP contribution >= 0.6 is 11.8 Å². The van der Waals surface area contributed by atoms with E-state index in [1.165, 1.54) is 31.4 Å². The van der Waals surface area contributed by atoms with Gasteiger partial charge < -0.3 is 14.2 Å². The van der Waals surface area contributed by atoms with E-state index < -0.39 is 51.8 Å². The van der Waals surface area contributed by atoms with Crippen LogP contribution in [-0.4, -0.2) is 47.2 Å². The van der Waals surface area contributed by atoms with Gasteiger partial charge in [-0.1, -0.05) is 6.07 Å². The van der Waals surface area contributed by atoms with Crippen LogP contribution in [0, 0.1) is 10.1 Å². The highest BCUT2D eigenvalue weighted by molar-refractivity contribution is 8.18. The first-order valence-electron chi connectivity index (χ1n) is 10.1. The average Bonchev–Trinajstić information content (AvgIpc) is 3.06. The number of benzene rings is 2. The minimum atomic E-state index is -4.78. The van der Waals surface area contributed by atoms with Crippen LogP contribution in [0.15, 0.2) is 41.3 Å². The topological polar surface area (TPSA) is 125 Å². The largest absolute Gasteiger partial charge is 0.493 e. The van der Waals surface area contributed by atoms with Crippen molar-refractivity contribution in [2.45, 2.75) is 13.1 Å². The van der Waals surface area contributed by atoms with Crippen LogP contribution in [-0.2, 0) is 20.5 Å². The lowest BCUT2D eigenvalue weighted by atomic mass is 10.1. The molecule has 1 saturated heterocycles. The lowest BCUT2D eigenvalue weighted by Gasteiger charge is -2.13. The predicted molar refractivity (Wildman–Crippen MR) is 120 cm³/mol. The Hall–Kier alpha value is -4.07. The fourth-order valence-corrected chi connectivity index (χ4v) is 3.86. The first kappa shape index (κ1) is 26.5. The van der Waals surface area contributed by atoms with Crippen molar-refractivity contribution in [3.8, 4) is 17.2 Å². The summed E-state index contributed by atoms with van der Waals surface area (Å²) < 4.78 is 54.2. The second-order valence-electron chi connectivity index (χ2n) is 7.02. The quantitative estimate of drug-likeness (QED) is 0.202. The summed E-state index contributed by atoms with van der Waals surface area (Å²) >= 11 is 0.617. The van der Waals surface area contributed by atoms with E-state index >= 15 is 0 Å². The molecule has 1 aliphatic heterocycles. The Kier molecular flexibility index (Phi) is 7.87. The van der Waals surface area contributed by atoms with E-state index in [1.807, 2.05) is 0 Å². The van der Waals surface area contributed by atoms with Crippen LogP contribution < -0.4 is 9.47 Å². The second kappa shape index (κ2) is 10.7. The van der Waals surface area contributed by atoms with Gasteiger partial charge in [0.15, 0.2) is 11.5 Å². The minimum absolute atomic E-state index is 0.0263. The van der Waals surface area contributed by atoms with Gasteiger partial charge in [0.1, 0.15) is 6.54 Å². The van der Waals surface area contributed by atoms with Gasteiger partial charge in [-0.2, -0.15) is 13.2 Å². The molecule has 0 aliphatic carbocycles. The molecule has 2 amide bonds. The second-order valence-corrected chi connectivity index (χ2v) is 8.02. The number of imide groups is 1. The monoisotopic (exact) mass is 526 g/mol. The van der Waals surface area contributed by atoms with E-state index in [0.29, 0.717) is 29.5 Å². The Morgan fingerprint density at radius 1 is 1.14 bits per heavy atom. The number of amides is 2. The standard InChI is InChI=1S/C22H17F3N2O8S/c1-3-34-19(28)11-26-20(29)18(36-21(26)30)9-12-4-6-16(17(8-12)33-2)35-15-7-5-13(22(23,24)25)10-14(15)27(31)32/h4-10H,3,11H2,1-2H3/b18-9-. The molecule has 3 rings (SSSR count). The van der Waals surface area contributed by atoms with Gasteiger partial charge in [0.05, 0.1) is 29.1 Å². The zero-order valence-electron chi connectivity index (χ0n) is 18.7. The molecule has 0 atom stereocenters. The maximum Gasteiger partial charge on any atom is 0.416 e. The van der Waals surface area contributed by atoms with Crippen LogP contribution in [0.25, 0.3) is 6.08 Å². The van der Waals surface area contributed by atoms with Crippen molar-refractivity contribution >= 4 is 40.6 Å². The highest BCUT2D eigenvalue weighted by Gasteiger charge is 2.37. The molecular formula is C22H17F3N2O8S. The van der Waals surface area contributed by atoms with Crippen molar-refractivity contribution in [1.29, 1.82) is 0 Å². The van der Waals surface area contributed by atoms with E-state index in [-0.39, 0.29) is 23.0 Å². The van der Waals surface area contributed by atoms with Gasteiger partial charge in [0.2, 0.25) is 5.75 Å². The SMILES string of the molecule is CCOC(=O)CN1C(=O)S/C(=C\c2ccc(Oc3ccc(C(F)(F)F)cc3[N+](=O)[O-])c(OC)c2)C1=O. The number of thioether (sulfide) groups is 1. The van der Waals surface area contributed by atoms with Crippen molar-refractivity contribution in [3.05, 3.63) is 62.5 Å². The minimum Gasteiger partial charge on any atom is -0.493 e. The third-order valence-electron chi connectivity index (χ3n) is 4.65. The maximum absolute atomic E-state index is 12.9. The highest BCUT2D eigenvalue weighted by atomic mass is 32.2. The molecule has 14 heteroatoms. The highest BCUT2D eigenvalue weighted by Crippen LogP contribution is 2.41. The number of hydrogen-bond acceptors (Lipinski definition) is 9. The number of nitro groups is 1. The van der Waals surface area contributed by atoms with Crippen LogP contribution in [0.5, 0.6) is 17.2 Å². The molecule has 190 valence electrons. The summed E-state index contributed by atoms with van der Waals surface area (Å²) in [6, 6.07) is 6.00. The fourth-order valence-electron chi connectivity index (χ4n) is 3.02. The molecule has 1 heterocycles. The molecule has 0 radical (unpaired) electrons. The molecule has 0 saturated carbocycles. The Bertz CT molecular complexity index is 1260. The van der Waals surface area contributed by atoms with Crippen LogP contribution in [0.1, 0.15) is 18.1 Å². The number of hydrogen-bond donors (Lipinski definition) is 0. The molecule has 2 aromatic rings. The number of alkyl halides is 3. The lowest BCUT2D eigenvalue weighted by molar-refractivity contribution is -0.385. The summed E-state index contributed by atoms with van der Waals surface area (Å²) in [5.74, 6) is -1.88. The normalized spacial score (nSPS) is 14.8. The average molecular weight is 526 g/mol. The molecule has 1 aliphatic rings. The summed E-state index contributed by atoms with van der Waals surface area (Å²) in [6.45, 7) is 1.15. The van der Waals surface area contributed by atoms with Crippen LogP contribution in [0.2, 0.25) is 0 Å². The molecule has 0 bridgehead atoms. The van der Waals surface area contributed by atoms with Crippen molar-refractivity contribution < 1.29 is 46.7 Å². The smallest absolute Gasteiger partial charge is 0.416 e. The fraction of sp³-hybridized carbons (Fsp3) is 0.227. The van der Waals surface area contributed by atoms with E-state index in [0.717, 1.165) is 11.0 Å². The lowest BCUT2D eigenvalue weighted by Crippen LogP contribution is -2.34. The summed E-state index contributed by atoms with van der Waals surface area (Å²) in [6.07, 6.45) is -3.41. The van der Waals surface area contributed by atoms with Crippen molar-refractivity contribution in [3.63, 3.8) is 0 Å². The number of nitro benzene ring substituents is 1. The molecule has 36 heavy (non-hydrogen) atoms. The van der Waals surface area contributed by atoms with E-state index in [9.17, 15) is 37.7 Å². The number of nitrogens with zero attached hydrogens (tertiary/aromatic N) is 2. The third kappa shape index (κ3) is 5.94. The molecule has 0 aromatic heterocycles. The van der Waals surface area contributed by atoms with Gasteiger partial charge in [-0.15, -0.1) is 0 Å². The van der Waals surface area contributed by atoms with Crippen molar-refractivity contribution in [2.75, 3.05) is 20.3 Å². The van der Waals surface area contributed by atoms with Crippen LogP contribution in [0.4, 0.5) is 23.7 Å². The molecule has 10 nitrogen and oxygen atoms in total. The predicted octanol–water partition coefficient (Wildman–Crippen LogP) is 5.01. The van der Waals surface area contributed by atoms with Gasteiger partial charge >= 0.3 is 17.8 Å². The number of ether oxygens (including phenoxy) is 3. The van der Waals surface area contributed by atoms with E-state index in [2.05, 4.69) is 0 Å². The number of esters is 1. The summed E-state index contributed by atoms with van der Waals surface area (Å²) in [5, 5.41) is 10.7. The summed E-state index contributed by atoms with van der Waals surface area (Å²) in [5.41, 5.74) is -1.73. The van der Waals surface area contributed by atoms with Crippen molar-refractivity contribution in [2.24, 2.45) is 0 Å². The molecule has 0 spiro atoms. The summed E-state index contributed by atoms with van der Waals surface area (Å²) in [7, 11) is 1.26. The first-order chi connectivity index (χ1) is 16.9. The third-order valence-corrected chi connectivity index (χ3v) is 5.56. The Labute approximate surface area is 205 Å². The Balaban J connectivity index is 1.86. The van der Waals surface area contributed by atoms with Gasteiger partial charge in [0, 0.05) is 6.07 Å². The summed E-state index contributed by atoms with van der Waals surface area (Å²) in [4.78, 5) is 47.4. The Morgan fingerprint density at radius 3 is 2.44 bits per heavy atom. The zero-order valence-corrected chi connectivity index (χ0v) is 19.5. The Morgan fingerprint density at radius 2 is 1.83 bits per heavy atom. The molecular weight excluding hydrogens is 509 g/mol. The van der Waals surface area contributed by atoms with E-state index in [1.54, 1.807) is 6.92 Å². The van der Waals surface area contributed by atoms with E-state index in [4.69, 9.17) is 14.2 Å². The van der Waals surface area contributed by atoms with Crippen LogP contribution in [0.3, 0.4) is 0 Å². The number of rotatable bonds is 8. The van der Waals surface area contributed by atoms with Gasteiger partial charge in [-0.25, -0.2) is 0 Å². The van der Waals surface area contributed by atoms with Gasteiger partial charge in [0.25, 0.3) is 11.1 Å². The van der Waals surface area contributed by atoms with Gasteiger partial charge in [-0.05, 0) is 54.6 Å². The molecule has 0 unspecified atom stereocenters. The van der Waals surface area contributed by atoms with Gasteiger partial charge in [-0.3, -0.25) is 29.4 Å². The first-order valence-corrected chi connectivity index (χ1v) is 10.9. The molecule has 2 aromatic carbocycles.